The second kappa shape index (κ2) is 6.46. The van der Waals surface area contributed by atoms with Crippen molar-refractivity contribution in [3.63, 3.8) is 0 Å². The Morgan fingerprint density at radius 2 is 1.71 bits per heavy atom. The Hall–Kier alpha value is -0.910. The first-order valence-corrected chi connectivity index (χ1v) is 9.08. The quantitative estimate of drug-likeness (QED) is 0.897. The average molecular weight is 310 g/mol. The molecule has 0 spiro atoms. The standard InChI is InChI=1S/C16H26N2O2S/c1-16(2,3)14-4-6-15(7-5-14)21(19,20)18-12-13-8-10-17-11-9-13/h4-7,13,17-18H,8-12H2,1-3H3. The molecule has 0 amide bonds. The van der Waals surface area contributed by atoms with Gasteiger partial charge in [-0.15, -0.1) is 0 Å². The highest BCUT2D eigenvalue weighted by molar-refractivity contribution is 7.89. The van der Waals surface area contributed by atoms with Gasteiger partial charge >= 0.3 is 0 Å². The Labute approximate surface area is 128 Å². The van der Waals surface area contributed by atoms with Crippen LogP contribution < -0.4 is 10.0 Å². The van der Waals surface area contributed by atoms with E-state index in [9.17, 15) is 8.42 Å². The van der Waals surface area contributed by atoms with Crippen molar-refractivity contribution in [3.05, 3.63) is 29.8 Å². The van der Waals surface area contributed by atoms with Crippen molar-refractivity contribution in [2.45, 2.75) is 43.9 Å². The van der Waals surface area contributed by atoms with Gasteiger partial charge in [0.2, 0.25) is 10.0 Å². The van der Waals surface area contributed by atoms with Crippen LogP contribution in [0.3, 0.4) is 0 Å². The second-order valence-electron chi connectivity index (χ2n) is 6.82. The van der Waals surface area contributed by atoms with Crippen LogP contribution in [-0.2, 0) is 15.4 Å². The molecule has 1 aromatic rings. The molecule has 0 unspecified atom stereocenters. The Balaban J connectivity index is 2.01. The first-order valence-electron chi connectivity index (χ1n) is 7.60. The van der Waals surface area contributed by atoms with Crippen LogP contribution in [0.2, 0.25) is 0 Å². The molecule has 0 bridgehead atoms. The zero-order valence-corrected chi connectivity index (χ0v) is 14.0. The lowest BCUT2D eigenvalue weighted by Crippen LogP contribution is -2.36. The van der Waals surface area contributed by atoms with E-state index in [4.69, 9.17) is 0 Å². The molecule has 2 N–H and O–H groups in total. The SMILES string of the molecule is CC(C)(C)c1ccc(S(=O)(=O)NCC2CCNCC2)cc1. The molecule has 1 heterocycles. The minimum Gasteiger partial charge on any atom is -0.317 e. The molecule has 0 saturated carbocycles. The summed E-state index contributed by atoms with van der Waals surface area (Å²) in [5.41, 5.74) is 1.17. The number of nitrogens with one attached hydrogen (secondary N) is 2. The molecule has 0 aliphatic carbocycles. The van der Waals surface area contributed by atoms with Crippen LogP contribution in [0.25, 0.3) is 0 Å². The van der Waals surface area contributed by atoms with Gasteiger partial charge < -0.3 is 5.32 Å². The van der Waals surface area contributed by atoms with Crippen molar-refractivity contribution in [2.24, 2.45) is 5.92 Å². The maximum Gasteiger partial charge on any atom is 0.240 e. The molecule has 118 valence electrons. The highest BCUT2D eigenvalue weighted by Gasteiger charge is 2.20. The van der Waals surface area contributed by atoms with Gasteiger partial charge in [0.1, 0.15) is 0 Å². The average Bonchev–Trinajstić information content (AvgIpc) is 2.46. The number of piperidine rings is 1. The van der Waals surface area contributed by atoms with Gasteiger partial charge in [0.15, 0.2) is 0 Å². The highest BCUT2D eigenvalue weighted by atomic mass is 32.2. The van der Waals surface area contributed by atoms with Gasteiger partial charge in [-0.25, -0.2) is 13.1 Å². The topological polar surface area (TPSA) is 58.2 Å². The molecule has 4 nitrogen and oxygen atoms in total. The number of benzene rings is 1. The van der Waals surface area contributed by atoms with Crippen LogP contribution in [0.15, 0.2) is 29.2 Å². The fourth-order valence-electron chi connectivity index (χ4n) is 2.53. The van der Waals surface area contributed by atoms with Gasteiger partial charge in [-0.05, 0) is 55.0 Å². The van der Waals surface area contributed by atoms with Gasteiger partial charge in [-0.3, -0.25) is 0 Å². The first-order chi connectivity index (χ1) is 9.79. The number of rotatable bonds is 4. The maximum atomic E-state index is 12.3. The third-order valence-electron chi connectivity index (χ3n) is 4.05. The summed E-state index contributed by atoms with van der Waals surface area (Å²) < 4.78 is 27.4. The Morgan fingerprint density at radius 1 is 1.14 bits per heavy atom. The first kappa shape index (κ1) is 16.5. The molecule has 1 aromatic carbocycles. The zero-order chi connectivity index (χ0) is 15.5. The highest BCUT2D eigenvalue weighted by Crippen LogP contribution is 2.23. The van der Waals surface area contributed by atoms with Crippen molar-refractivity contribution in [3.8, 4) is 0 Å². The molecule has 0 aromatic heterocycles. The van der Waals surface area contributed by atoms with E-state index in [0.29, 0.717) is 17.4 Å². The molecular weight excluding hydrogens is 284 g/mol. The smallest absolute Gasteiger partial charge is 0.240 e. The summed E-state index contributed by atoms with van der Waals surface area (Å²) in [5, 5.41) is 3.29. The molecule has 1 saturated heterocycles. The van der Waals surface area contributed by atoms with Crippen LogP contribution in [0, 0.1) is 5.92 Å². The van der Waals surface area contributed by atoms with Gasteiger partial charge in [0.05, 0.1) is 4.90 Å². The molecule has 2 rings (SSSR count). The maximum absolute atomic E-state index is 12.3. The van der Waals surface area contributed by atoms with Gasteiger partial charge in [0.25, 0.3) is 0 Å². The van der Waals surface area contributed by atoms with E-state index in [1.807, 2.05) is 12.1 Å². The molecule has 1 aliphatic heterocycles. The van der Waals surface area contributed by atoms with E-state index in [-0.39, 0.29) is 5.41 Å². The number of hydrogen-bond acceptors (Lipinski definition) is 3. The summed E-state index contributed by atoms with van der Waals surface area (Å²) in [6.07, 6.45) is 2.07. The second-order valence-corrected chi connectivity index (χ2v) is 8.59. The van der Waals surface area contributed by atoms with Crippen LogP contribution in [-0.4, -0.2) is 28.1 Å². The summed E-state index contributed by atoms with van der Waals surface area (Å²) >= 11 is 0. The lowest BCUT2D eigenvalue weighted by Gasteiger charge is -2.23. The van der Waals surface area contributed by atoms with E-state index in [1.165, 1.54) is 0 Å². The normalized spacial score (nSPS) is 17.9. The molecule has 5 heteroatoms. The summed E-state index contributed by atoms with van der Waals surface area (Å²) in [6.45, 7) is 8.84. The summed E-state index contributed by atoms with van der Waals surface area (Å²) in [7, 11) is -3.39. The third kappa shape index (κ3) is 4.53. The Morgan fingerprint density at radius 3 is 2.24 bits per heavy atom. The minimum atomic E-state index is -3.39. The number of hydrogen-bond donors (Lipinski definition) is 2. The minimum absolute atomic E-state index is 0.0326. The van der Waals surface area contributed by atoms with Crippen molar-refractivity contribution in [1.29, 1.82) is 0 Å². The van der Waals surface area contributed by atoms with Crippen molar-refractivity contribution in [1.82, 2.24) is 10.0 Å². The van der Waals surface area contributed by atoms with E-state index in [1.54, 1.807) is 12.1 Å². The van der Waals surface area contributed by atoms with Crippen molar-refractivity contribution in [2.75, 3.05) is 19.6 Å². The van der Waals surface area contributed by atoms with E-state index >= 15 is 0 Å². The molecular formula is C16H26N2O2S. The van der Waals surface area contributed by atoms with Gasteiger partial charge in [0, 0.05) is 6.54 Å². The largest absolute Gasteiger partial charge is 0.317 e. The van der Waals surface area contributed by atoms with E-state index < -0.39 is 10.0 Å². The lowest BCUT2D eigenvalue weighted by atomic mass is 9.87. The fraction of sp³-hybridized carbons (Fsp3) is 0.625. The van der Waals surface area contributed by atoms with Gasteiger partial charge in [-0.1, -0.05) is 32.9 Å². The van der Waals surface area contributed by atoms with Crippen LogP contribution >= 0.6 is 0 Å². The van der Waals surface area contributed by atoms with Crippen molar-refractivity contribution >= 4 is 10.0 Å². The Bertz CT molecular complexity index is 553. The van der Waals surface area contributed by atoms with Gasteiger partial charge in [-0.2, -0.15) is 0 Å². The fourth-order valence-corrected chi connectivity index (χ4v) is 3.65. The monoisotopic (exact) mass is 310 g/mol. The molecule has 1 aliphatic rings. The Kier molecular flexibility index (Phi) is 5.07. The zero-order valence-electron chi connectivity index (χ0n) is 13.1. The van der Waals surface area contributed by atoms with E-state index in [0.717, 1.165) is 31.5 Å². The third-order valence-corrected chi connectivity index (χ3v) is 5.49. The predicted octanol–water partition coefficient (Wildman–Crippen LogP) is 2.26. The number of sulfonamides is 1. The summed E-state index contributed by atoms with van der Waals surface area (Å²) in [4.78, 5) is 0.351. The van der Waals surface area contributed by atoms with E-state index in [2.05, 4.69) is 30.8 Å². The van der Waals surface area contributed by atoms with Crippen LogP contribution in [0.1, 0.15) is 39.2 Å². The molecule has 0 atom stereocenters. The molecule has 1 fully saturated rings. The molecule has 21 heavy (non-hydrogen) atoms. The van der Waals surface area contributed by atoms with Crippen molar-refractivity contribution < 1.29 is 8.42 Å². The van der Waals surface area contributed by atoms with Crippen LogP contribution in [0.4, 0.5) is 0 Å². The molecule has 0 radical (unpaired) electrons. The lowest BCUT2D eigenvalue weighted by molar-refractivity contribution is 0.372. The summed E-state index contributed by atoms with van der Waals surface area (Å²) in [5.74, 6) is 0.440. The van der Waals surface area contributed by atoms with Crippen LogP contribution in [0.5, 0.6) is 0 Å². The summed E-state index contributed by atoms with van der Waals surface area (Å²) in [6, 6.07) is 7.20. The predicted molar refractivity (Wildman–Crippen MR) is 85.9 cm³/mol.